The number of thiophene rings is 1. The van der Waals surface area contributed by atoms with Crippen molar-refractivity contribution in [2.45, 2.75) is 0 Å². The number of nitrogens with two attached hydrogens (primary N) is 2. The zero-order chi connectivity index (χ0) is 10.3. The number of hydrogen-bond acceptors (Lipinski definition) is 5. The van der Waals surface area contributed by atoms with Crippen LogP contribution in [0.1, 0.15) is 0 Å². The van der Waals surface area contributed by atoms with Crippen molar-refractivity contribution in [3.63, 3.8) is 0 Å². The van der Waals surface area contributed by atoms with Crippen molar-refractivity contribution in [3.8, 4) is 11.4 Å². The first kappa shape index (κ1) is 9.94. The highest BCUT2D eigenvalue weighted by atomic mass is 79.9. The highest BCUT2D eigenvalue weighted by Gasteiger charge is 2.14. The number of hydrogen-bond donors (Lipinski definition) is 2. The van der Waals surface area contributed by atoms with Gasteiger partial charge in [-0.2, -0.15) is 0 Å². The van der Waals surface area contributed by atoms with Crippen LogP contribution < -0.4 is 11.6 Å². The molecular formula is C6H5Br2N5S. The molecule has 8 heteroatoms. The molecule has 0 spiro atoms. The average Bonchev–Trinajstić information content (AvgIpc) is 2.59. The molecular weight excluding hydrogens is 334 g/mol. The van der Waals surface area contributed by atoms with Gasteiger partial charge in [-0.25, -0.2) is 4.68 Å². The number of halogens is 2. The molecule has 0 saturated heterocycles. The van der Waals surface area contributed by atoms with E-state index in [-0.39, 0.29) is 5.95 Å². The minimum Gasteiger partial charge on any atom is -0.366 e. The van der Waals surface area contributed by atoms with E-state index in [0.29, 0.717) is 5.82 Å². The van der Waals surface area contributed by atoms with Crippen LogP contribution >= 0.6 is 43.2 Å². The van der Waals surface area contributed by atoms with Crippen molar-refractivity contribution in [3.05, 3.63) is 13.6 Å². The van der Waals surface area contributed by atoms with Gasteiger partial charge in [0.2, 0.25) is 5.95 Å². The molecule has 74 valence electrons. The molecule has 2 heterocycles. The van der Waals surface area contributed by atoms with Gasteiger partial charge in [0.05, 0.1) is 7.57 Å². The van der Waals surface area contributed by atoms with Crippen LogP contribution in [0.2, 0.25) is 0 Å². The normalized spacial score (nSPS) is 10.7. The van der Waals surface area contributed by atoms with Crippen LogP contribution in [0.4, 0.5) is 5.95 Å². The van der Waals surface area contributed by atoms with E-state index in [1.807, 2.05) is 6.07 Å². The van der Waals surface area contributed by atoms with Gasteiger partial charge in [-0.05, 0) is 37.9 Å². The van der Waals surface area contributed by atoms with Gasteiger partial charge in [-0.1, -0.05) is 0 Å². The third-order valence-electron chi connectivity index (χ3n) is 1.62. The second kappa shape index (κ2) is 3.52. The van der Waals surface area contributed by atoms with E-state index < -0.39 is 0 Å². The van der Waals surface area contributed by atoms with Crippen LogP contribution in [-0.2, 0) is 0 Å². The summed E-state index contributed by atoms with van der Waals surface area (Å²) in [5.41, 5.74) is 6.34. The van der Waals surface area contributed by atoms with E-state index in [0.717, 1.165) is 13.1 Å². The summed E-state index contributed by atoms with van der Waals surface area (Å²) in [5.74, 6) is 6.38. The van der Waals surface area contributed by atoms with Crippen molar-refractivity contribution in [2.24, 2.45) is 0 Å². The van der Waals surface area contributed by atoms with Crippen LogP contribution in [0.15, 0.2) is 13.6 Å². The van der Waals surface area contributed by atoms with E-state index in [4.69, 9.17) is 11.6 Å². The zero-order valence-corrected chi connectivity index (χ0v) is 10.7. The second-order valence-corrected chi connectivity index (χ2v) is 6.24. The van der Waals surface area contributed by atoms with Crippen LogP contribution in [0.25, 0.3) is 11.4 Å². The van der Waals surface area contributed by atoms with E-state index in [9.17, 15) is 0 Å². The van der Waals surface area contributed by atoms with Gasteiger partial charge in [-0.15, -0.1) is 21.5 Å². The molecule has 0 fully saturated rings. The van der Waals surface area contributed by atoms with Gasteiger partial charge in [0, 0.05) is 5.56 Å². The summed E-state index contributed by atoms with van der Waals surface area (Å²) in [6.45, 7) is 0. The fourth-order valence-electron chi connectivity index (χ4n) is 0.980. The van der Waals surface area contributed by atoms with Crippen LogP contribution in [0.5, 0.6) is 0 Å². The summed E-state index contributed by atoms with van der Waals surface area (Å²) < 4.78 is 3.17. The largest absolute Gasteiger partial charge is 0.366 e. The highest BCUT2D eigenvalue weighted by molar-refractivity contribution is 9.12. The number of anilines is 1. The van der Waals surface area contributed by atoms with Gasteiger partial charge in [0.15, 0.2) is 5.82 Å². The maximum absolute atomic E-state index is 5.65. The predicted molar refractivity (Wildman–Crippen MR) is 63.3 cm³/mol. The molecule has 0 atom stereocenters. The lowest BCUT2D eigenvalue weighted by Crippen LogP contribution is -2.13. The molecule has 0 aliphatic rings. The molecule has 0 aromatic carbocycles. The van der Waals surface area contributed by atoms with Crippen molar-refractivity contribution < 1.29 is 0 Å². The summed E-state index contributed by atoms with van der Waals surface area (Å²) in [5, 5.41) is 7.56. The molecule has 0 unspecified atom stereocenters. The fraction of sp³-hybridized carbons (Fsp3) is 0. The molecule has 2 aromatic rings. The monoisotopic (exact) mass is 337 g/mol. The fourth-order valence-corrected chi connectivity index (χ4v) is 3.77. The minimum absolute atomic E-state index is 0.189. The quantitative estimate of drug-likeness (QED) is 0.777. The molecule has 5 nitrogen and oxygen atoms in total. The molecule has 0 aliphatic heterocycles. The van der Waals surface area contributed by atoms with Crippen molar-refractivity contribution in [1.82, 2.24) is 14.9 Å². The van der Waals surface area contributed by atoms with Gasteiger partial charge < -0.3 is 11.6 Å². The maximum atomic E-state index is 5.65. The molecule has 0 saturated carbocycles. The van der Waals surface area contributed by atoms with Crippen molar-refractivity contribution in [2.75, 3.05) is 11.6 Å². The Morgan fingerprint density at radius 3 is 2.50 bits per heavy atom. The highest BCUT2D eigenvalue weighted by Crippen LogP contribution is 2.37. The number of rotatable bonds is 1. The Bertz CT molecular complexity index is 477. The maximum Gasteiger partial charge on any atom is 0.241 e. The first-order valence-corrected chi connectivity index (χ1v) is 5.91. The third-order valence-corrected chi connectivity index (χ3v) is 3.96. The van der Waals surface area contributed by atoms with E-state index >= 15 is 0 Å². The second-order valence-electron chi connectivity index (χ2n) is 2.49. The van der Waals surface area contributed by atoms with Crippen LogP contribution in [0, 0.1) is 0 Å². The topological polar surface area (TPSA) is 82.8 Å². The third kappa shape index (κ3) is 1.53. The molecule has 0 radical (unpaired) electrons. The average molecular weight is 339 g/mol. The van der Waals surface area contributed by atoms with E-state index in [1.165, 1.54) is 16.0 Å². The Morgan fingerprint density at radius 2 is 2.07 bits per heavy atom. The standard InChI is InChI=1S/C6H5Br2N5S/c7-3-1-2(4(8)14-3)5-11-12-6(9)13(5)10/h1H,10H2,(H2,9,12). The first-order valence-electron chi connectivity index (χ1n) is 3.50. The van der Waals surface area contributed by atoms with Gasteiger partial charge in [0.1, 0.15) is 0 Å². The Kier molecular flexibility index (Phi) is 2.50. The molecule has 4 N–H and O–H groups in total. The molecule has 2 aromatic heterocycles. The van der Waals surface area contributed by atoms with Crippen molar-refractivity contribution in [1.29, 1.82) is 0 Å². The molecule has 2 rings (SSSR count). The molecule has 0 amide bonds. The van der Waals surface area contributed by atoms with Gasteiger partial charge >= 0.3 is 0 Å². The summed E-state index contributed by atoms with van der Waals surface area (Å²) >= 11 is 8.32. The predicted octanol–water partition coefficient (Wildman–Crippen LogP) is 1.83. The smallest absolute Gasteiger partial charge is 0.241 e. The summed E-state index contributed by atoms with van der Waals surface area (Å²) in [7, 11) is 0. The summed E-state index contributed by atoms with van der Waals surface area (Å²) in [6.07, 6.45) is 0. The lowest BCUT2D eigenvalue weighted by Gasteiger charge is -1.98. The summed E-state index contributed by atoms with van der Waals surface area (Å²) in [4.78, 5) is 0. The molecule has 0 bridgehead atoms. The Labute approximate surface area is 100 Å². The first-order chi connectivity index (χ1) is 6.59. The van der Waals surface area contributed by atoms with E-state index in [2.05, 4.69) is 42.1 Å². The Morgan fingerprint density at radius 1 is 1.36 bits per heavy atom. The number of aromatic nitrogens is 3. The minimum atomic E-state index is 0.189. The lowest BCUT2D eigenvalue weighted by atomic mass is 10.3. The van der Waals surface area contributed by atoms with Gasteiger partial charge in [-0.3, -0.25) is 0 Å². The molecule has 0 aliphatic carbocycles. The lowest BCUT2D eigenvalue weighted by molar-refractivity contribution is 1.02. The number of nitrogens with zero attached hydrogens (tertiary/aromatic N) is 3. The van der Waals surface area contributed by atoms with Crippen LogP contribution in [0.3, 0.4) is 0 Å². The molecule has 14 heavy (non-hydrogen) atoms. The Hall–Kier alpha value is -0.600. The van der Waals surface area contributed by atoms with Gasteiger partial charge in [0.25, 0.3) is 0 Å². The van der Waals surface area contributed by atoms with Crippen LogP contribution in [-0.4, -0.2) is 14.9 Å². The number of nitrogen functional groups attached to an aromatic ring is 2. The zero-order valence-electron chi connectivity index (χ0n) is 6.74. The van der Waals surface area contributed by atoms with E-state index in [1.54, 1.807) is 0 Å². The summed E-state index contributed by atoms with van der Waals surface area (Å²) in [6, 6.07) is 1.90. The SMILES string of the molecule is Nc1nnc(-c2cc(Br)sc2Br)n1N. The van der Waals surface area contributed by atoms with Crippen molar-refractivity contribution >= 4 is 49.1 Å². The Balaban J connectivity index is 2.59.